The Morgan fingerprint density at radius 2 is 1.80 bits per heavy atom. The summed E-state index contributed by atoms with van der Waals surface area (Å²) < 4.78 is 10.2. The molecule has 0 spiro atoms. The number of carbonyl (C=O) groups excluding carboxylic acids is 2. The molecule has 150 valence electrons. The summed E-state index contributed by atoms with van der Waals surface area (Å²) >= 11 is 0. The lowest BCUT2D eigenvalue weighted by molar-refractivity contribution is 0.0600. The molecule has 0 saturated heterocycles. The second kappa shape index (κ2) is 7.83. The van der Waals surface area contributed by atoms with E-state index in [4.69, 9.17) is 14.1 Å². The van der Waals surface area contributed by atoms with Crippen molar-refractivity contribution >= 4 is 28.5 Å². The number of anilines is 1. The number of hydrogen-bond acceptors (Lipinski definition) is 5. The highest BCUT2D eigenvalue weighted by Gasteiger charge is 2.17. The van der Waals surface area contributed by atoms with E-state index in [2.05, 4.69) is 5.32 Å². The fourth-order valence-electron chi connectivity index (χ4n) is 3.43. The van der Waals surface area contributed by atoms with Crippen LogP contribution in [0, 0.1) is 13.8 Å². The summed E-state index contributed by atoms with van der Waals surface area (Å²) in [5.41, 5.74) is 4.85. The minimum Gasteiger partial charge on any atom is -0.465 e. The van der Waals surface area contributed by atoms with Gasteiger partial charge in [-0.15, -0.1) is 0 Å². The molecule has 1 amide bonds. The van der Waals surface area contributed by atoms with E-state index in [1.54, 1.807) is 42.7 Å². The number of methoxy groups -OCH3 is 1. The molecule has 1 N–H and O–H groups in total. The largest absolute Gasteiger partial charge is 0.465 e. The standard InChI is InChI=1S/C24H20N2O4/c1-14-11-15(2)22-18(12-14)19(13-20(26-22)21-5-4-10-30-21)23(27)25-17-8-6-16(7-9-17)24(28)29-3/h4-13H,1-3H3,(H,25,27). The molecule has 0 aliphatic heterocycles. The molecule has 2 aromatic carbocycles. The van der Waals surface area contributed by atoms with Gasteiger partial charge in [0, 0.05) is 11.1 Å². The van der Waals surface area contributed by atoms with Crippen LogP contribution in [0.2, 0.25) is 0 Å². The van der Waals surface area contributed by atoms with Crippen molar-refractivity contribution in [1.29, 1.82) is 0 Å². The molecule has 0 atom stereocenters. The number of benzene rings is 2. The molecule has 2 aromatic heterocycles. The van der Waals surface area contributed by atoms with Crippen LogP contribution in [0.15, 0.2) is 65.3 Å². The molecule has 30 heavy (non-hydrogen) atoms. The predicted octanol–water partition coefficient (Wildman–Crippen LogP) is 5.15. The van der Waals surface area contributed by atoms with Gasteiger partial charge in [-0.3, -0.25) is 4.79 Å². The number of fused-ring (bicyclic) bond motifs is 1. The summed E-state index contributed by atoms with van der Waals surface area (Å²) in [6.45, 7) is 3.96. The number of pyridine rings is 1. The highest BCUT2D eigenvalue weighted by atomic mass is 16.5. The van der Waals surface area contributed by atoms with Crippen molar-refractivity contribution in [2.45, 2.75) is 13.8 Å². The number of aryl methyl sites for hydroxylation is 2. The van der Waals surface area contributed by atoms with Crippen LogP contribution in [0.3, 0.4) is 0 Å². The van der Waals surface area contributed by atoms with Crippen LogP contribution in [0.1, 0.15) is 31.8 Å². The van der Waals surface area contributed by atoms with E-state index in [9.17, 15) is 9.59 Å². The van der Waals surface area contributed by atoms with Crippen molar-refractivity contribution in [3.05, 3.63) is 83.1 Å². The highest BCUT2D eigenvalue weighted by Crippen LogP contribution is 2.29. The molecule has 0 unspecified atom stereocenters. The monoisotopic (exact) mass is 400 g/mol. The maximum absolute atomic E-state index is 13.2. The summed E-state index contributed by atoms with van der Waals surface area (Å²) in [6, 6.07) is 15.9. The Morgan fingerprint density at radius 1 is 1.03 bits per heavy atom. The van der Waals surface area contributed by atoms with Crippen LogP contribution in [0.5, 0.6) is 0 Å². The number of aromatic nitrogens is 1. The first-order valence-electron chi connectivity index (χ1n) is 9.42. The molecule has 0 aliphatic rings. The lowest BCUT2D eigenvalue weighted by Gasteiger charge is -2.12. The average molecular weight is 400 g/mol. The molecule has 0 bridgehead atoms. The van der Waals surface area contributed by atoms with Crippen molar-refractivity contribution in [2.24, 2.45) is 0 Å². The lowest BCUT2D eigenvalue weighted by Crippen LogP contribution is -2.13. The minimum atomic E-state index is -0.429. The first-order valence-corrected chi connectivity index (χ1v) is 9.42. The molecule has 4 aromatic rings. The Kier molecular flexibility index (Phi) is 5.06. The van der Waals surface area contributed by atoms with Crippen LogP contribution >= 0.6 is 0 Å². The summed E-state index contributed by atoms with van der Waals surface area (Å²) in [4.78, 5) is 29.5. The van der Waals surface area contributed by atoms with E-state index in [0.717, 1.165) is 22.0 Å². The van der Waals surface area contributed by atoms with Crippen molar-refractivity contribution in [3.8, 4) is 11.5 Å². The zero-order valence-corrected chi connectivity index (χ0v) is 16.9. The van der Waals surface area contributed by atoms with Crippen molar-refractivity contribution in [2.75, 3.05) is 12.4 Å². The fraction of sp³-hybridized carbons (Fsp3) is 0.125. The van der Waals surface area contributed by atoms with E-state index in [1.165, 1.54) is 7.11 Å². The molecule has 6 heteroatoms. The summed E-state index contributed by atoms with van der Waals surface area (Å²) in [5, 5.41) is 3.67. The number of carbonyl (C=O) groups is 2. The number of ether oxygens (including phenoxy) is 1. The smallest absolute Gasteiger partial charge is 0.337 e. The van der Waals surface area contributed by atoms with Gasteiger partial charge in [0.25, 0.3) is 5.91 Å². The normalized spacial score (nSPS) is 10.8. The van der Waals surface area contributed by atoms with Gasteiger partial charge in [-0.05, 0) is 67.9 Å². The van der Waals surface area contributed by atoms with Crippen molar-refractivity contribution in [3.63, 3.8) is 0 Å². The topological polar surface area (TPSA) is 81.4 Å². The predicted molar refractivity (Wildman–Crippen MR) is 115 cm³/mol. The van der Waals surface area contributed by atoms with E-state index >= 15 is 0 Å². The van der Waals surface area contributed by atoms with Gasteiger partial charge < -0.3 is 14.5 Å². The second-order valence-corrected chi connectivity index (χ2v) is 7.03. The van der Waals surface area contributed by atoms with Gasteiger partial charge >= 0.3 is 5.97 Å². The third-order valence-electron chi connectivity index (χ3n) is 4.83. The van der Waals surface area contributed by atoms with Gasteiger partial charge in [0.15, 0.2) is 5.76 Å². The molecule has 4 rings (SSSR count). The molecular weight excluding hydrogens is 380 g/mol. The number of nitrogens with one attached hydrogen (secondary N) is 1. The zero-order valence-electron chi connectivity index (χ0n) is 16.9. The van der Waals surface area contributed by atoms with Gasteiger partial charge in [0.05, 0.1) is 30.0 Å². The number of nitrogens with zero attached hydrogens (tertiary/aromatic N) is 1. The Labute approximate surface area is 173 Å². The van der Waals surface area contributed by atoms with Crippen LogP contribution in [0.4, 0.5) is 5.69 Å². The molecule has 0 radical (unpaired) electrons. The summed E-state index contributed by atoms with van der Waals surface area (Å²) in [6.07, 6.45) is 1.58. The highest BCUT2D eigenvalue weighted by molar-refractivity contribution is 6.13. The van der Waals surface area contributed by atoms with Gasteiger partial charge in [0.2, 0.25) is 0 Å². The van der Waals surface area contributed by atoms with Gasteiger partial charge in [-0.25, -0.2) is 9.78 Å². The SMILES string of the molecule is COC(=O)c1ccc(NC(=O)c2cc(-c3ccco3)nc3c(C)cc(C)cc23)cc1. The minimum absolute atomic E-state index is 0.272. The Morgan fingerprint density at radius 3 is 2.47 bits per heavy atom. The Bertz CT molecular complexity index is 1240. The van der Waals surface area contributed by atoms with Crippen LogP contribution < -0.4 is 5.32 Å². The van der Waals surface area contributed by atoms with Gasteiger partial charge in [0.1, 0.15) is 5.69 Å². The molecule has 0 saturated carbocycles. The molecular formula is C24H20N2O4. The maximum atomic E-state index is 13.2. The number of esters is 1. The zero-order chi connectivity index (χ0) is 21.3. The van der Waals surface area contributed by atoms with Crippen molar-refractivity contribution in [1.82, 2.24) is 4.98 Å². The summed E-state index contributed by atoms with van der Waals surface area (Å²) in [5.74, 6) is -0.110. The lowest BCUT2D eigenvalue weighted by atomic mass is 10.0. The molecule has 2 heterocycles. The molecule has 0 aliphatic carbocycles. The van der Waals surface area contributed by atoms with Crippen LogP contribution in [-0.4, -0.2) is 24.0 Å². The number of hydrogen-bond donors (Lipinski definition) is 1. The van der Waals surface area contributed by atoms with Gasteiger partial charge in [-0.1, -0.05) is 11.6 Å². The van der Waals surface area contributed by atoms with E-state index < -0.39 is 5.97 Å². The first-order chi connectivity index (χ1) is 14.5. The van der Waals surface area contributed by atoms with Crippen molar-refractivity contribution < 1.29 is 18.7 Å². The third-order valence-corrected chi connectivity index (χ3v) is 4.83. The van der Waals surface area contributed by atoms with E-state index in [0.29, 0.717) is 28.3 Å². The van der Waals surface area contributed by atoms with Gasteiger partial charge in [-0.2, -0.15) is 0 Å². The second-order valence-electron chi connectivity index (χ2n) is 7.03. The maximum Gasteiger partial charge on any atom is 0.337 e. The van der Waals surface area contributed by atoms with Crippen LogP contribution in [-0.2, 0) is 4.74 Å². The van der Waals surface area contributed by atoms with Crippen LogP contribution in [0.25, 0.3) is 22.4 Å². The quantitative estimate of drug-likeness (QED) is 0.479. The number of amides is 1. The average Bonchev–Trinajstić information content (AvgIpc) is 3.28. The molecule has 6 nitrogen and oxygen atoms in total. The fourth-order valence-corrected chi connectivity index (χ4v) is 3.43. The number of furan rings is 1. The number of rotatable bonds is 4. The first kappa shape index (κ1) is 19.4. The molecule has 0 fully saturated rings. The van der Waals surface area contributed by atoms with E-state index in [1.807, 2.05) is 32.0 Å². The van der Waals surface area contributed by atoms with E-state index in [-0.39, 0.29) is 5.91 Å². The summed E-state index contributed by atoms with van der Waals surface area (Å²) in [7, 11) is 1.33. The third kappa shape index (κ3) is 3.67. The Balaban J connectivity index is 1.76. The Hall–Kier alpha value is -3.93.